The molecule has 3 nitrogen and oxygen atoms in total. The van der Waals surface area contributed by atoms with Gasteiger partial charge < -0.3 is 9.87 Å². The van der Waals surface area contributed by atoms with Crippen molar-refractivity contribution in [2.75, 3.05) is 12.3 Å². The molecule has 0 aliphatic rings. The highest BCUT2D eigenvalue weighted by Gasteiger charge is 1.98. The van der Waals surface area contributed by atoms with E-state index in [1.54, 1.807) is 0 Å². The number of rotatable bonds is 5. The Hall–Kier alpha value is -1.13. The van der Waals surface area contributed by atoms with Crippen LogP contribution in [-0.4, -0.2) is 21.1 Å². The fraction of sp³-hybridized carbons (Fsp3) is 0.385. The summed E-state index contributed by atoms with van der Waals surface area (Å²) >= 11 is -1.75. The zero-order valence-electron chi connectivity index (χ0n) is 10.7. The first-order valence-electron chi connectivity index (χ1n) is 5.67. The molecular weight excluding hydrogens is 234 g/mol. The van der Waals surface area contributed by atoms with Crippen LogP contribution in [0.15, 0.2) is 30.8 Å². The summed E-state index contributed by atoms with van der Waals surface area (Å²) in [5.41, 5.74) is 2.98. The van der Waals surface area contributed by atoms with Gasteiger partial charge in [0.2, 0.25) is 0 Å². The molecule has 0 amide bonds. The van der Waals surface area contributed by atoms with Gasteiger partial charge in [0.25, 0.3) is 0 Å². The molecule has 0 saturated carbocycles. The molecule has 1 aromatic rings. The summed E-state index contributed by atoms with van der Waals surface area (Å²) in [7, 11) is 0. The third-order valence-corrected chi connectivity index (χ3v) is 2.57. The number of benzene rings is 1. The van der Waals surface area contributed by atoms with E-state index < -0.39 is 11.1 Å². The molecule has 0 radical (unpaired) electrons. The molecule has 0 spiro atoms. The van der Waals surface area contributed by atoms with Crippen molar-refractivity contribution in [3.63, 3.8) is 0 Å². The molecular formula is C13H21NO2S. The number of hydrogen-bond acceptors (Lipinski definition) is 2. The zero-order valence-corrected chi connectivity index (χ0v) is 11.5. The van der Waals surface area contributed by atoms with Crippen LogP contribution in [0.5, 0.6) is 0 Å². The van der Waals surface area contributed by atoms with Gasteiger partial charge in [-0.1, -0.05) is 50.3 Å². The van der Waals surface area contributed by atoms with Gasteiger partial charge in [0.05, 0.1) is 5.75 Å². The van der Waals surface area contributed by atoms with Gasteiger partial charge in [0.1, 0.15) is 0 Å². The van der Waals surface area contributed by atoms with Crippen molar-refractivity contribution >= 4 is 16.8 Å². The first-order chi connectivity index (χ1) is 8.09. The Morgan fingerprint density at radius 2 is 1.88 bits per heavy atom. The van der Waals surface area contributed by atoms with E-state index in [2.05, 4.69) is 11.9 Å². The molecule has 1 aromatic carbocycles. The highest BCUT2D eigenvalue weighted by molar-refractivity contribution is 7.79. The van der Waals surface area contributed by atoms with E-state index in [4.69, 9.17) is 4.55 Å². The van der Waals surface area contributed by atoms with Gasteiger partial charge >= 0.3 is 0 Å². The number of aryl methyl sites for hydroxylation is 1. The predicted molar refractivity (Wildman–Crippen MR) is 75.2 cm³/mol. The lowest BCUT2D eigenvalue weighted by Gasteiger charge is -2.08. The summed E-state index contributed by atoms with van der Waals surface area (Å²) in [5, 5.41) is 3.00. The van der Waals surface area contributed by atoms with Gasteiger partial charge in [-0.15, -0.1) is 0 Å². The topological polar surface area (TPSA) is 49.3 Å². The van der Waals surface area contributed by atoms with Gasteiger partial charge in [-0.05, 0) is 12.5 Å². The first kappa shape index (κ1) is 15.9. The molecule has 2 N–H and O–H groups in total. The normalized spacial score (nSPS) is 11.1. The highest BCUT2D eigenvalue weighted by atomic mass is 32.2. The first-order valence-corrected chi connectivity index (χ1v) is 6.94. The fourth-order valence-corrected chi connectivity index (χ4v) is 1.42. The predicted octanol–water partition coefficient (Wildman–Crippen LogP) is 2.80. The number of nitrogens with one attached hydrogen (secondary N) is 1. The molecule has 1 unspecified atom stereocenters. The Kier molecular flexibility index (Phi) is 8.36. The average Bonchev–Trinajstić information content (AvgIpc) is 2.32. The smallest absolute Gasteiger partial charge is 0.154 e. The summed E-state index contributed by atoms with van der Waals surface area (Å²) < 4.78 is 19.0. The molecule has 0 heterocycles. The van der Waals surface area contributed by atoms with E-state index in [1.807, 2.05) is 45.0 Å². The van der Waals surface area contributed by atoms with Crippen LogP contribution in [0.1, 0.15) is 25.0 Å². The van der Waals surface area contributed by atoms with E-state index in [0.29, 0.717) is 6.54 Å². The van der Waals surface area contributed by atoms with Crippen LogP contribution in [0.4, 0.5) is 0 Å². The second-order valence-electron chi connectivity index (χ2n) is 3.30. The fourth-order valence-electron chi connectivity index (χ4n) is 1.15. The lowest BCUT2D eigenvalue weighted by molar-refractivity contribution is 0.563. The van der Waals surface area contributed by atoms with Crippen molar-refractivity contribution in [3.8, 4) is 0 Å². The molecule has 1 atom stereocenters. The maximum Gasteiger partial charge on any atom is 0.154 e. The molecule has 96 valence electrons. The molecule has 0 bridgehead atoms. The molecule has 0 aliphatic heterocycles. The van der Waals surface area contributed by atoms with Crippen molar-refractivity contribution in [3.05, 3.63) is 42.0 Å². The van der Waals surface area contributed by atoms with Gasteiger partial charge in [-0.3, -0.25) is 0 Å². The number of hydrogen-bond donors (Lipinski definition) is 2. The van der Waals surface area contributed by atoms with E-state index in [9.17, 15) is 4.21 Å². The van der Waals surface area contributed by atoms with Crippen molar-refractivity contribution in [1.29, 1.82) is 0 Å². The van der Waals surface area contributed by atoms with Crippen molar-refractivity contribution in [1.82, 2.24) is 5.32 Å². The van der Waals surface area contributed by atoms with E-state index in [0.717, 1.165) is 11.3 Å². The minimum atomic E-state index is -1.75. The monoisotopic (exact) mass is 255 g/mol. The van der Waals surface area contributed by atoms with Crippen LogP contribution in [0.2, 0.25) is 0 Å². The van der Waals surface area contributed by atoms with Gasteiger partial charge in [0, 0.05) is 12.2 Å². The highest BCUT2D eigenvalue weighted by Crippen LogP contribution is 2.09. The Bertz CT molecular complexity index is 360. The van der Waals surface area contributed by atoms with E-state index >= 15 is 0 Å². The quantitative estimate of drug-likeness (QED) is 0.795. The molecule has 0 aliphatic carbocycles. The van der Waals surface area contributed by atoms with Crippen molar-refractivity contribution < 1.29 is 8.76 Å². The minimum Gasteiger partial charge on any atom is -0.384 e. The summed E-state index contributed by atoms with van der Waals surface area (Å²) in [4.78, 5) is 0. The Morgan fingerprint density at radius 1 is 1.35 bits per heavy atom. The molecule has 17 heavy (non-hydrogen) atoms. The van der Waals surface area contributed by atoms with Crippen LogP contribution < -0.4 is 5.32 Å². The minimum absolute atomic E-state index is 0.213. The van der Waals surface area contributed by atoms with Crippen molar-refractivity contribution in [2.45, 2.75) is 20.8 Å². The molecule has 0 aromatic heterocycles. The standard InChI is InChI=1S/C11H15NO2S.C2H6/c1-9-3-5-11(6-4-9)10(2)12-7-8-15(13)14;1-2/h3-6,12H,2,7-8H2,1H3,(H,13,14);1-2H3. The molecule has 0 fully saturated rings. The van der Waals surface area contributed by atoms with Crippen LogP contribution in [0.3, 0.4) is 0 Å². The average molecular weight is 255 g/mol. The summed E-state index contributed by atoms with van der Waals surface area (Å²) in [6.45, 7) is 10.3. The Morgan fingerprint density at radius 3 is 2.35 bits per heavy atom. The zero-order chi connectivity index (χ0) is 13.3. The maximum atomic E-state index is 10.4. The Labute approximate surface area is 106 Å². The van der Waals surface area contributed by atoms with Crippen LogP contribution >= 0.6 is 0 Å². The van der Waals surface area contributed by atoms with Gasteiger partial charge in [0.15, 0.2) is 11.1 Å². The lowest BCUT2D eigenvalue weighted by atomic mass is 10.1. The summed E-state index contributed by atoms with van der Waals surface area (Å²) in [6.07, 6.45) is 0. The van der Waals surface area contributed by atoms with E-state index in [1.165, 1.54) is 5.56 Å². The lowest BCUT2D eigenvalue weighted by Crippen LogP contribution is -2.18. The van der Waals surface area contributed by atoms with Crippen molar-refractivity contribution in [2.24, 2.45) is 0 Å². The van der Waals surface area contributed by atoms with E-state index in [-0.39, 0.29) is 5.75 Å². The summed E-state index contributed by atoms with van der Waals surface area (Å²) in [6, 6.07) is 7.96. The third kappa shape index (κ3) is 6.92. The Balaban J connectivity index is 0.00000121. The summed E-state index contributed by atoms with van der Waals surface area (Å²) in [5.74, 6) is 0.213. The maximum absolute atomic E-state index is 10.4. The van der Waals surface area contributed by atoms with Crippen LogP contribution in [-0.2, 0) is 11.1 Å². The molecule has 1 rings (SSSR count). The molecule has 4 heteroatoms. The SMILES string of the molecule is C=C(NCCS(=O)O)c1ccc(C)cc1.CC. The van der Waals surface area contributed by atoms with Gasteiger partial charge in [-0.25, -0.2) is 4.21 Å². The third-order valence-electron chi connectivity index (χ3n) is 2.02. The molecule has 0 saturated heterocycles. The second kappa shape index (κ2) is 8.96. The largest absolute Gasteiger partial charge is 0.384 e. The second-order valence-corrected chi connectivity index (χ2v) is 4.35. The van der Waals surface area contributed by atoms with Crippen LogP contribution in [0, 0.1) is 6.92 Å². The van der Waals surface area contributed by atoms with Gasteiger partial charge in [-0.2, -0.15) is 0 Å². The van der Waals surface area contributed by atoms with Crippen LogP contribution in [0.25, 0.3) is 5.70 Å².